The quantitative estimate of drug-likeness (QED) is 0.412. The predicted octanol–water partition coefficient (Wildman–Crippen LogP) is 1.50. The van der Waals surface area contributed by atoms with Crippen LogP contribution in [0.5, 0.6) is 11.5 Å². The first kappa shape index (κ1) is 17.9. The molecule has 1 heterocycles. The minimum Gasteiger partial charge on any atom is -0.493 e. The van der Waals surface area contributed by atoms with Gasteiger partial charge in [0.25, 0.3) is 11.2 Å². The van der Waals surface area contributed by atoms with Gasteiger partial charge in [0.1, 0.15) is 0 Å². The minimum atomic E-state index is -0.766. The maximum Gasteiger partial charge on any atom is 0.349 e. The Hall–Kier alpha value is -3.95. The van der Waals surface area contributed by atoms with Gasteiger partial charge in [-0.15, -0.1) is 4.68 Å². The Labute approximate surface area is 151 Å². The molecule has 10 nitrogen and oxygen atoms in total. The van der Waals surface area contributed by atoms with Crippen LogP contribution in [0.25, 0.3) is 10.9 Å². The molecule has 138 valence electrons. The number of hydrogen-bond acceptors (Lipinski definition) is 7. The molecule has 2 aromatic carbocycles. The average molecular weight is 370 g/mol. The number of nitro benzene ring substituents is 1. The first-order valence-corrected chi connectivity index (χ1v) is 7.65. The highest BCUT2D eigenvalue weighted by atomic mass is 16.6. The van der Waals surface area contributed by atoms with E-state index in [2.05, 4.69) is 10.1 Å². The summed E-state index contributed by atoms with van der Waals surface area (Å²) in [5.41, 5.74) is -1.32. The van der Waals surface area contributed by atoms with E-state index in [4.69, 9.17) is 9.47 Å². The van der Waals surface area contributed by atoms with Crippen LogP contribution in [0.3, 0.4) is 0 Å². The highest BCUT2D eigenvalue weighted by molar-refractivity contribution is 5.87. The van der Waals surface area contributed by atoms with Crippen molar-refractivity contribution < 1.29 is 14.4 Å². The number of hydrogen-bond donors (Lipinski definition) is 1. The summed E-state index contributed by atoms with van der Waals surface area (Å²) in [6.45, 7) is 0. The highest BCUT2D eigenvalue weighted by Gasteiger charge is 2.18. The van der Waals surface area contributed by atoms with E-state index in [-0.39, 0.29) is 28.1 Å². The molecule has 1 aromatic heterocycles. The summed E-state index contributed by atoms with van der Waals surface area (Å²) >= 11 is 0. The first-order chi connectivity index (χ1) is 13.0. The molecule has 0 saturated heterocycles. The predicted molar refractivity (Wildman–Crippen MR) is 98.0 cm³/mol. The van der Waals surface area contributed by atoms with Gasteiger partial charge in [0.2, 0.25) is 0 Å². The maximum absolute atomic E-state index is 12.5. The molecule has 0 atom stereocenters. The van der Waals surface area contributed by atoms with Crippen LogP contribution in [-0.2, 0) is 0 Å². The van der Waals surface area contributed by atoms with E-state index < -0.39 is 16.2 Å². The summed E-state index contributed by atoms with van der Waals surface area (Å²) in [5, 5.41) is 15.4. The Bertz CT molecular complexity index is 1180. The smallest absolute Gasteiger partial charge is 0.349 e. The molecule has 0 aliphatic rings. The molecule has 0 fully saturated rings. The lowest BCUT2D eigenvalue weighted by Crippen LogP contribution is -2.32. The van der Waals surface area contributed by atoms with Gasteiger partial charge in [0.05, 0.1) is 47.9 Å². The number of H-pyrrole nitrogens is 1. The monoisotopic (exact) mass is 370 g/mol. The van der Waals surface area contributed by atoms with Crippen molar-refractivity contribution in [1.82, 2.24) is 9.66 Å². The summed E-state index contributed by atoms with van der Waals surface area (Å²) < 4.78 is 10.8. The highest BCUT2D eigenvalue weighted by Crippen LogP contribution is 2.33. The van der Waals surface area contributed by atoms with E-state index in [1.54, 1.807) is 24.3 Å². The van der Waals surface area contributed by atoms with Crippen LogP contribution < -0.4 is 20.7 Å². The molecule has 1 N–H and O–H groups in total. The first-order valence-electron chi connectivity index (χ1n) is 7.65. The van der Waals surface area contributed by atoms with Crippen LogP contribution in [0.2, 0.25) is 0 Å². The van der Waals surface area contributed by atoms with E-state index in [1.165, 1.54) is 26.4 Å². The van der Waals surface area contributed by atoms with Gasteiger partial charge in [-0.05, 0) is 18.2 Å². The number of methoxy groups -OCH3 is 2. The van der Waals surface area contributed by atoms with Crippen molar-refractivity contribution in [3.8, 4) is 11.5 Å². The van der Waals surface area contributed by atoms with E-state index >= 15 is 0 Å². The summed E-state index contributed by atoms with van der Waals surface area (Å²) in [6, 6.07) is 8.96. The average Bonchev–Trinajstić information content (AvgIpc) is 2.67. The molecule has 0 amide bonds. The number of nitrogens with zero attached hydrogens (tertiary/aromatic N) is 3. The summed E-state index contributed by atoms with van der Waals surface area (Å²) in [4.78, 5) is 37.8. The largest absolute Gasteiger partial charge is 0.493 e. The number of para-hydroxylation sites is 1. The lowest BCUT2D eigenvalue weighted by atomic mass is 10.1. The third-order valence-corrected chi connectivity index (χ3v) is 3.83. The van der Waals surface area contributed by atoms with Crippen LogP contribution in [-0.4, -0.2) is 35.0 Å². The van der Waals surface area contributed by atoms with Gasteiger partial charge >= 0.3 is 5.69 Å². The van der Waals surface area contributed by atoms with Crippen molar-refractivity contribution in [3.05, 3.63) is 72.9 Å². The van der Waals surface area contributed by atoms with E-state index in [0.29, 0.717) is 10.2 Å². The van der Waals surface area contributed by atoms with Gasteiger partial charge in [-0.25, -0.2) is 4.79 Å². The van der Waals surface area contributed by atoms with Gasteiger partial charge in [-0.1, -0.05) is 12.1 Å². The minimum absolute atomic E-state index is 0.0390. The molecule has 10 heteroatoms. The number of rotatable bonds is 5. The zero-order chi connectivity index (χ0) is 19.6. The number of aromatic nitrogens is 2. The van der Waals surface area contributed by atoms with E-state index in [1.807, 2.05) is 0 Å². The van der Waals surface area contributed by atoms with Gasteiger partial charge < -0.3 is 14.5 Å². The molecule has 0 unspecified atom stereocenters. The molecule has 3 rings (SSSR count). The van der Waals surface area contributed by atoms with Crippen LogP contribution in [0.4, 0.5) is 5.69 Å². The maximum atomic E-state index is 12.5. The molecule has 0 aliphatic heterocycles. The Kier molecular flexibility index (Phi) is 4.71. The number of aromatic amines is 1. The van der Waals surface area contributed by atoms with Crippen molar-refractivity contribution in [2.45, 2.75) is 0 Å². The fraction of sp³-hybridized carbons (Fsp3) is 0.118. The lowest BCUT2D eigenvalue weighted by Gasteiger charge is -2.08. The number of benzene rings is 2. The molecule has 0 bridgehead atoms. The second kappa shape index (κ2) is 7.12. The SMILES string of the molecule is COc1cc(C=Nn2c(=O)[nH]c3ccccc3c2=O)c([N+](=O)[O-])cc1OC. The van der Waals surface area contributed by atoms with Crippen molar-refractivity contribution in [3.63, 3.8) is 0 Å². The zero-order valence-corrected chi connectivity index (χ0v) is 14.3. The Balaban J connectivity index is 2.17. The zero-order valence-electron chi connectivity index (χ0n) is 14.3. The number of nitro groups is 1. The van der Waals surface area contributed by atoms with Crippen LogP contribution >= 0.6 is 0 Å². The number of nitrogens with one attached hydrogen (secondary N) is 1. The van der Waals surface area contributed by atoms with Gasteiger partial charge in [-0.3, -0.25) is 14.9 Å². The fourth-order valence-corrected chi connectivity index (χ4v) is 2.52. The lowest BCUT2D eigenvalue weighted by molar-refractivity contribution is -0.385. The topological polar surface area (TPSA) is 129 Å². The normalized spacial score (nSPS) is 11.0. The van der Waals surface area contributed by atoms with Gasteiger partial charge in [-0.2, -0.15) is 5.10 Å². The molecule has 0 aliphatic carbocycles. The van der Waals surface area contributed by atoms with Crippen LogP contribution in [0.15, 0.2) is 51.1 Å². The number of ether oxygens (including phenoxy) is 2. The van der Waals surface area contributed by atoms with Gasteiger partial charge in [0, 0.05) is 0 Å². The second-order valence-electron chi connectivity index (χ2n) is 5.36. The molecule has 0 spiro atoms. The Morgan fingerprint density at radius 1 is 1.15 bits per heavy atom. The third kappa shape index (κ3) is 3.27. The summed E-state index contributed by atoms with van der Waals surface area (Å²) in [5.74, 6) is 0.409. The third-order valence-electron chi connectivity index (χ3n) is 3.83. The molecular weight excluding hydrogens is 356 g/mol. The van der Waals surface area contributed by atoms with E-state index in [9.17, 15) is 19.7 Å². The van der Waals surface area contributed by atoms with Crippen molar-refractivity contribution >= 4 is 22.8 Å². The molecule has 3 aromatic rings. The van der Waals surface area contributed by atoms with Crippen molar-refractivity contribution in [2.75, 3.05) is 14.2 Å². The summed E-state index contributed by atoms with van der Waals surface area (Å²) in [7, 11) is 2.73. The Morgan fingerprint density at radius 3 is 2.48 bits per heavy atom. The summed E-state index contributed by atoms with van der Waals surface area (Å²) in [6.07, 6.45) is 1.05. The molecular formula is C17H14N4O6. The number of fused-ring (bicyclic) bond motifs is 1. The second-order valence-corrected chi connectivity index (χ2v) is 5.36. The molecule has 27 heavy (non-hydrogen) atoms. The standard InChI is InChI=1S/C17H14N4O6/c1-26-14-7-10(13(21(24)25)8-15(14)27-2)9-18-20-16(22)11-5-3-4-6-12(11)19-17(20)23/h3-9H,1-2H3,(H,19,23). The van der Waals surface area contributed by atoms with E-state index in [0.717, 1.165) is 6.21 Å². The molecule has 0 radical (unpaired) electrons. The van der Waals surface area contributed by atoms with Crippen LogP contribution in [0.1, 0.15) is 5.56 Å². The fourth-order valence-electron chi connectivity index (χ4n) is 2.52. The van der Waals surface area contributed by atoms with Crippen LogP contribution in [0, 0.1) is 10.1 Å². The van der Waals surface area contributed by atoms with Gasteiger partial charge in [0.15, 0.2) is 11.5 Å². The van der Waals surface area contributed by atoms with Crippen molar-refractivity contribution in [2.24, 2.45) is 5.10 Å². The Morgan fingerprint density at radius 2 is 1.81 bits per heavy atom. The van der Waals surface area contributed by atoms with Crippen molar-refractivity contribution in [1.29, 1.82) is 0 Å². The molecule has 0 saturated carbocycles.